The van der Waals surface area contributed by atoms with E-state index in [1.165, 1.54) is 42.5 Å². The molecule has 1 aromatic carbocycles. The van der Waals surface area contributed by atoms with Gasteiger partial charge in [0, 0.05) is 31.9 Å². The molecule has 2 aliphatic heterocycles. The van der Waals surface area contributed by atoms with E-state index in [4.69, 9.17) is 4.74 Å². The lowest BCUT2D eigenvalue weighted by Gasteiger charge is -2.19. The highest BCUT2D eigenvalue weighted by Crippen LogP contribution is 2.22. The molecule has 2 heterocycles. The molecule has 0 aromatic heterocycles. The van der Waals surface area contributed by atoms with E-state index < -0.39 is 0 Å². The summed E-state index contributed by atoms with van der Waals surface area (Å²) < 4.78 is 5.61. The van der Waals surface area contributed by atoms with E-state index >= 15 is 0 Å². The van der Waals surface area contributed by atoms with E-state index in [-0.39, 0.29) is 0 Å². The summed E-state index contributed by atoms with van der Waals surface area (Å²) in [5.41, 5.74) is 4.18. The Kier molecular flexibility index (Phi) is 3.81. The second kappa shape index (κ2) is 5.72. The number of aryl methyl sites for hydroxylation is 1. The molecule has 0 amide bonds. The average Bonchev–Trinajstić information content (AvgIpc) is 2.92. The van der Waals surface area contributed by atoms with Gasteiger partial charge in [-0.3, -0.25) is 0 Å². The first kappa shape index (κ1) is 12.0. The zero-order chi connectivity index (χ0) is 12.2. The molecule has 3 nitrogen and oxygen atoms in total. The monoisotopic (exact) mass is 246 g/mol. The largest absolute Gasteiger partial charge is 0.385 e. The fraction of sp³-hybridized carbons (Fsp3) is 0.600. The van der Waals surface area contributed by atoms with Crippen molar-refractivity contribution in [3.8, 4) is 0 Å². The van der Waals surface area contributed by atoms with E-state index in [9.17, 15) is 0 Å². The number of hydrogen-bond donors (Lipinski definition) is 2. The van der Waals surface area contributed by atoms with Crippen molar-refractivity contribution in [1.29, 1.82) is 0 Å². The Labute approximate surface area is 109 Å². The quantitative estimate of drug-likeness (QED) is 0.855. The van der Waals surface area contributed by atoms with Gasteiger partial charge in [0.05, 0.1) is 6.10 Å². The molecule has 0 saturated carbocycles. The first-order chi connectivity index (χ1) is 8.92. The van der Waals surface area contributed by atoms with Gasteiger partial charge < -0.3 is 15.4 Å². The molecule has 1 unspecified atom stereocenters. The minimum absolute atomic E-state index is 0.435. The van der Waals surface area contributed by atoms with Gasteiger partial charge >= 0.3 is 0 Å². The molecule has 0 spiro atoms. The molecule has 0 radical (unpaired) electrons. The van der Waals surface area contributed by atoms with E-state index in [1.54, 1.807) is 0 Å². The molecule has 0 aliphatic carbocycles. The van der Waals surface area contributed by atoms with Gasteiger partial charge in [-0.2, -0.15) is 0 Å². The number of rotatable bonds is 4. The van der Waals surface area contributed by atoms with Gasteiger partial charge in [0.25, 0.3) is 0 Å². The topological polar surface area (TPSA) is 33.3 Å². The molecule has 1 aromatic rings. The van der Waals surface area contributed by atoms with Crippen LogP contribution in [0.5, 0.6) is 0 Å². The maximum Gasteiger partial charge on any atom is 0.0700 e. The molecule has 18 heavy (non-hydrogen) atoms. The predicted molar refractivity (Wildman–Crippen MR) is 73.9 cm³/mol. The molecular weight excluding hydrogens is 224 g/mol. The van der Waals surface area contributed by atoms with Crippen LogP contribution in [0.2, 0.25) is 0 Å². The van der Waals surface area contributed by atoms with E-state index in [0.717, 1.165) is 26.2 Å². The van der Waals surface area contributed by atoms with Crippen molar-refractivity contribution < 1.29 is 4.74 Å². The molecule has 1 fully saturated rings. The Morgan fingerprint density at radius 3 is 3.22 bits per heavy atom. The van der Waals surface area contributed by atoms with Crippen LogP contribution in [-0.4, -0.2) is 25.8 Å². The molecule has 1 saturated heterocycles. The average molecular weight is 246 g/mol. The Bertz CT molecular complexity index is 399. The van der Waals surface area contributed by atoms with Crippen LogP contribution < -0.4 is 10.6 Å². The number of ether oxygens (including phenoxy) is 1. The van der Waals surface area contributed by atoms with Crippen LogP contribution in [-0.2, 0) is 17.7 Å². The second-order valence-electron chi connectivity index (χ2n) is 5.29. The molecule has 1 atom stereocenters. The smallest absolute Gasteiger partial charge is 0.0700 e. The maximum absolute atomic E-state index is 5.61. The zero-order valence-corrected chi connectivity index (χ0v) is 10.9. The summed E-state index contributed by atoms with van der Waals surface area (Å²) in [6.45, 7) is 3.99. The molecule has 3 heteroatoms. The Morgan fingerprint density at radius 1 is 1.33 bits per heavy atom. The lowest BCUT2D eigenvalue weighted by atomic mass is 10.0. The van der Waals surface area contributed by atoms with E-state index in [2.05, 4.69) is 28.8 Å². The summed E-state index contributed by atoms with van der Waals surface area (Å²) in [7, 11) is 0. The van der Waals surface area contributed by atoms with Crippen LogP contribution in [0.1, 0.15) is 30.4 Å². The van der Waals surface area contributed by atoms with Gasteiger partial charge in [-0.05, 0) is 42.9 Å². The van der Waals surface area contributed by atoms with Crippen molar-refractivity contribution in [1.82, 2.24) is 5.32 Å². The summed E-state index contributed by atoms with van der Waals surface area (Å²) in [6, 6.07) is 6.78. The van der Waals surface area contributed by atoms with Gasteiger partial charge in [0.15, 0.2) is 0 Å². The Hall–Kier alpha value is -1.06. The summed E-state index contributed by atoms with van der Waals surface area (Å²) in [6.07, 6.45) is 5.32. The van der Waals surface area contributed by atoms with Crippen LogP contribution in [0.25, 0.3) is 0 Å². The van der Waals surface area contributed by atoms with Crippen LogP contribution in [0.3, 0.4) is 0 Å². The van der Waals surface area contributed by atoms with Crippen molar-refractivity contribution in [2.45, 2.75) is 38.3 Å². The van der Waals surface area contributed by atoms with E-state index in [1.807, 2.05) is 0 Å². The lowest BCUT2D eigenvalue weighted by molar-refractivity contribution is 0.110. The number of benzene rings is 1. The van der Waals surface area contributed by atoms with Crippen molar-refractivity contribution in [2.75, 3.05) is 25.0 Å². The molecule has 2 N–H and O–H groups in total. The Balaban J connectivity index is 1.52. The predicted octanol–water partition coefficient (Wildman–Crippen LogP) is 2.31. The van der Waals surface area contributed by atoms with Gasteiger partial charge in [-0.1, -0.05) is 12.1 Å². The van der Waals surface area contributed by atoms with Crippen LogP contribution in [0.15, 0.2) is 18.2 Å². The van der Waals surface area contributed by atoms with Gasteiger partial charge in [0.2, 0.25) is 0 Å². The van der Waals surface area contributed by atoms with Crippen molar-refractivity contribution in [3.63, 3.8) is 0 Å². The van der Waals surface area contributed by atoms with Crippen molar-refractivity contribution >= 4 is 5.69 Å². The van der Waals surface area contributed by atoms with Crippen molar-refractivity contribution in [2.24, 2.45) is 0 Å². The van der Waals surface area contributed by atoms with Gasteiger partial charge in [-0.15, -0.1) is 0 Å². The van der Waals surface area contributed by atoms with E-state index in [0.29, 0.717) is 6.10 Å². The van der Waals surface area contributed by atoms with Gasteiger partial charge in [-0.25, -0.2) is 0 Å². The molecule has 3 rings (SSSR count). The second-order valence-corrected chi connectivity index (χ2v) is 5.29. The van der Waals surface area contributed by atoms with Gasteiger partial charge in [0.1, 0.15) is 0 Å². The SMILES string of the molecule is c1cc2c(cc1CNCC1CCCO1)CCCN2. The minimum Gasteiger partial charge on any atom is -0.385 e. The highest BCUT2D eigenvalue weighted by atomic mass is 16.5. The fourth-order valence-electron chi connectivity index (χ4n) is 2.82. The van der Waals surface area contributed by atoms with Crippen LogP contribution in [0, 0.1) is 0 Å². The fourth-order valence-corrected chi connectivity index (χ4v) is 2.82. The number of anilines is 1. The molecule has 98 valence electrons. The summed E-state index contributed by atoms with van der Waals surface area (Å²) in [4.78, 5) is 0. The third-order valence-electron chi connectivity index (χ3n) is 3.83. The summed E-state index contributed by atoms with van der Waals surface area (Å²) in [5.74, 6) is 0. The first-order valence-electron chi connectivity index (χ1n) is 7.10. The third-order valence-corrected chi connectivity index (χ3v) is 3.83. The number of fused-ring (bicyclic) bond motifs is 1. The number of nitrogens with one attached hydrogen (secondary N) is 2. The zero-order valence-electron chi connectivity index (χ0n) is 10.9. The maximum atomic E-state index is 5.61. The standard InChI is InChI=1S/C15H22N2O/c1-3-13-9-12(5-6-15(13)17-7-1)10-16-11-14-4-2-8-18-14/h5-6,9,14,16-17H,1-4,7-8,10-11H2. The normalized spacial score (nSPS) is 22.6. The highest BCUT2D eigenvalue weighted by molar-refractivity contribution is 5.54. The molecule has 0 bridgehead atoms. The molecular formula is C15H22N2O. The lowest BCUT2D eigenvalue weighted by Crippen LogP contribution is -2.25. The van der Waals surface area contributed by atoms with Crippen molar-refractivity contribution in [3.05, 3.63) is 29.3 Å². The summed E-state index contributed by atoms with van der Waals surface area (Å²) >= 11 is 0. The van der Waals surface area contributed by atoms with Crippen LogP contribution >= 0.6 is 0 Å². The first-order valence-corrected chi connectivity index (χ1v) is 7.10. The Morgan fingerprint density at radius 2 is 2.33 bits per heavy atom. The highest BCUT2D eigenvalue weighted by Gasteiger charge is 2.14. The minimum atomic E-state index is 0.435. The van der Waals surface area contributed by atoms with Crippen LogP contribution in [0.4, 0.5) is 5.69 Å². The number of hydrogen-bond acceptors (Lipinski definition) is 3. The third kappa shape index (κ3) is 2.85. The summed E-state index contributed by atoms with van der Waals surface area (Å²) in [5, 5.41) is 6.96. The molecule has 2 aliphatic rings.